The molecule has 2 N–H and O–H groups in total. The molecule has 7 heteroatoms. The molecule has 1 atom stereocenters. The first-order valence-electron chi connectivity index (χ1n) is 9.55. The summed E-state index contributed by atoms with van der Waals surface area (Å²) < 4.78 is 1.83. The number of nitrogens with one attached hydrogen (secondary N) is 2. The van der Waals surface area contributed by atoms with Gasteiger partial charge in [-0.15, -0.1) is 0 Å². The lowest BCUT2D eigenvalue weighted by Gasteiger charge is -2.15. The summed E-state index contributed by atoms with van der Waals surface area (Å²) in [6.07, 6.45) is 6.10. The first-order chi connectivity index (χ1) is 14.1. The third-order valence-electron chi connectivity index (χ3n) is 4.72. The van der Waals surface area contributed by atoms with Gasteiger partial charge in [-0.25, -0.2) is 14.6 Å². The maximum atomic E-state index is 11.8. The SMILES string of the molecule is CCc1cc(=O)[nH]c(-c2ccc(NC(C)c3ccc(-n4cccn4)cc3)nc2)n1. The topological polar surface area (TPSA) is 88.5 Å². The van der Waals surface area contributed by atoms with Gasteiger partial charge in [0.05, 0.1) is 5.69 Å². The van der Waals surface area contributed by atoms with E-state index in [1.165, 1.54) is 6.07 Å². The molecule has 0 amide bonds. The van der Waals surface area contributed by atoms with Gasteiger partial charge < -0.3 is 10.3 Å². The molecule has 0 aliphatic carbocycles. The van der Waals surface area contributed by atoms with Crippen LogP contribution in [0.25, 0.3) is 17.1 Å². The fraction of sp³-hybridized carbons (Fsp3) is 0.182. The molecule has 146 valence electrons. The molecule has 0 aliphatic heterocycles. The zero-order chi connectivity index (χ0) is 20.2. The number of nitrogens with zero attached hydrogens (tertiary/aromatic N) is 4. The summed E-state index contributed by atoms with van der Waals surface area (Å²) in [5.74, 6) is 1.29. The van der Waals surface area contributed by atoms with Crippen molar-refractivity contribution in [2.45, 2.75) is 26.3 Å². The fourth-order valence-electron chi connectivity index (χ4n) is 3.09. The average Bonchev–Trinajstić information content (AvgIpc) is 3.29. The lowest BCUT2D eigenvalue weighted by molar-refractivity contribution is 0.859. The van der Waals surface area contributed by atoms with E-state index in [2.05, 4.69) is 44.4 Å². The lowest BCUT2D eigenvalue weighted by atomic mass is 10.1. The molecular formula is C22H22N6O. The van der Waals surface area contributed by atoms with Crippen LogP contribution in [0.5, 0.6) is 0 Å². The summed E-state index contributed by atoms with van der Waals surface area (Å²) in [6, 6.07) is 15.5. The van der Waals surface area contributed by atoms with Crippen molar-refractivity contribution in [1.29, 1.82) is 0 Å². The van der Waals surface area contributed by atoms with E-state index >= 15 is 0 Å². The highest BCUT2D eigenvalue weighted by molar-refractivity contribution is 5.56. The predicted octanol–water partition coefficient (Wildman–Crippen LogP) is 3.75. The number of benzene rings is 1. The maximum absolute atomic E-state index is 11.8. The number of aromatic nitrogens is 5. The Morgan fingerprint density at radius 1 is 1.17 bits per heavy atom. The minimum Gasteiger partial charge on any atom is -0.364 e. The van der Waals surface area contributed by atoms with Crippen molar-refractivity contribution >= 4 is 5.82 Å². The molecule has 7 nitrogen and oxygen atoms in total. The van der Waals surface area contributed by atoms with Gasteiger partial charge in [-0.3, -0.25) is 4.79 Å². The molecule has 4 rings (SSSR count). The number of anilines is 1. The van der Waals surface area contributed by atoms with Crippen molar-refractivity contribution in [3.63, 3.8) is 0 Å². The van der Waals surface area contributed by atoms with Crippen LogP contribution in [-0.4, -0.2) is 24.7 Å². The van der Waals surface area contributed by atoms with Crippen molar-refractivity contribution in [3.05, 3.63) is 88.7 Å². The summed E-state index contributed by atoms with van der Waals surface area (Å²) in [5.41, 5.74) is 3.55. The molecular weight excluding hydrogens is 364 g/mol. The van der Waals surface area contributed by atoms with Crippen molar-refractivity contribution < 1.29 is 0 Å². The third kappa shape index (κ3) is 4.24. The Bertz CT molecular complexity index is 1130. The first kappa shape index (κ1) is 18.6. The van der Waals surface area contributed by atoms with Crippen LogP contribution < -0.4 is 10.9 Å². The second kappa shape index (κ2) is 8.10. The number of hydrogen-bond donors (Lipinski definition) is 2. The van der Waals surface area contributed by atoms with Gasteiger partial charge in [-0.05, 0) is 49.2 Å². The maximum Gasteiger partial charge on any atom is 0.251 e. The highest BCUT2D eigenvalue weighted by Crippen LogP contribution is 2.21. The van der Waals surface area contributed by atoms with Crippen molar-refractivity contribution in [3.8, 4) is 17.1 Å². The molecule has 1 aromatic carbocycles. The Kier molecular flexibility index (Phi) is 5.20. The molecule has 0 spiro atoms. The molecule has 29 heavy (non-hydrogen) atoms. The molecule has 0 aliphatic rings. The molecule has 0 saturated carbocycles. The highest BCUT2D eigenvalue weighted by Gasteiger charge is 2.08. The van der Waals surface area contributed by atoms with E-state index in [1.807, 2.05) is 48.1 Å². The van der Waals surface area contributed by atoms with Crippen molar-refractivity contribution in [2.24, 2.45) is 0 Å². The fourth-order valence-corrected chi connectivity index (χ4v) is 3.09. The Morgan fingerprint density at radius 3 is 2.66 bits per heavy atom. The minimum atomic E-state index is -0.152. The third-order valence-corrected chi connectivity index (χ3v) is 4.72. The van der Waals surface area contributed by atoms with Crippen LogP contribution in [0.3, 0.4) is 0 Å². The Hall–Kier alpha value is -3.74. The van der Waals surface area contributed by atoms with Crippen LogP contribution in [-0.2, 0) is 6.42 Å². The van der Waals surface area contributed by atoms with Crippen LogP contribution in [0.2, 0.25) is 0 Å². The largest absolute Gasteiger partial charge is 0.364 e. The first-order valence-corrected chi connectivity index (χ1v) is 9.55. The van der Waals surface area contributed by atoms with Crippen LogP contribution in [0.15, 0.2) is 71.9 Å². The van der Waals surface area contributed by atoms with Gasteiger partial charge in [0.1, 0.15) is 11.6 Å². The van der Waals surface area contributed by atoms with Gasteiger partial charge in [0.25, 0.3) is 5.56 Å². The van der Waals surface area contributed by atoms with Gasteiger partial charge >= 0.3 is 0 Å². The van der Waals surface area contributed by atoms with E-state index in [1.54, 1.807) is 12.4 Å². The second-order valence-corrected chi connectivity index (χ2v) is 6.78. The van der Waals surface area contributed by atoms with Gasteiger partial charge in [0.2, 0.25) is 0 Å². The van der Waals surface area contributed by atoms with E-state index in [0.717, 1.165) is 28.3 Å². The standard InChI is InChI=1S/C22H22N6O/c1-3-18-13-21(29)27-22(26-18)17-7-10-20(23-14-17)25-15(2)16-5-8-19(9-6-16)28-12-4-11-24-28/h4-15H,3H2,1-2H3,(H,23,25)(H,26,27,29). The molecule has 3 heterocycles. The summed E-state index contributed by atoms with van der Waals surface area (Å²) in [4.78, 5) is 23.5. The number of aryl methyl sites for hydroxylation is 1. The number of hydrogen-bond acceptors (Lipinski definition) is 5. The Balaban J connectivity index is 1.47. The molecule has 0 bridgehead atoms. The average molecular weight is 386 g/mol. The second-order valence-electron chi connectivity index (χ2n) is 6.78. The summed E-state index contributed by atoms with van der Waals surface area (Å²) >= 11 is 0. The van der Waals surface area contributed by atoms with Crippen LogP contribution in [0.1, 0.15) is 31.1 Å². The zero-order valence-electron chi connectivity index (χ0n) is 16.3. The zero-order valence-corrected chi connectivity index (χ0v) is 16.3. The summed E-state index contributed by atoms with van der Waals surface area (Å²) in [6.45, 7) is 4.06. The molecule has 4 aromatic rings. The molecule has 0 saturated heterocycles. The van der Waals surface area contributed by atoms with E-state index in [4.69, 9.17) is 0 Å². The van der Waals surface area contributed by atoms with E-state index < -0.39 is 0 Å². The highest BCUT2D eigenvalue weighted by atomic mass is 16.1. The smallest absolute Gasteiger partial charge is 0.251 e. The van der Waals surface area contributed by atoms with Gasteiger partial charge in [-0.1, -0.05) is 19.1 Å². The van der Waals surface area contributed by atoms with E-state index in [0.29, 0.717) is 12.2 Å². The van der Waals surface area contributed by atoms with Crippen LogP contribution in [0, 0.1) is 0 Å². The van der Waals surface area contributed by atoms with Crippen LogP contribution >= 0.6 is 0 Å². The van der Waals surface area contributed by atoms with Crippen LogP contribution in [0.4, 0.5) is 5.82 Å². The monoisotopic (exact) mass is 386 g/mol. The van der Waals surface area contributed by atoms with E-state index in [9.17, 15) is 4.79 Å². The normalized spacial score (nSPS) is 11.9. The number of pyridine rings is 1. The number of H-pyrrole nitrogens is 1. The summed E-state index contributed by atoms with van der Waals surface area (Å²) in [5, 5.41) is 7.64. The quantitative estimate of drug-likeness (QED) is 0.527. The van der Waals surface area contributed by atoms with Crippen molar-refractivity contribution in [1.82, 2.24) is 24.7 Å². The Morgan fingerprint density at radius 2 is 2.00 bits per heavy atom. The Labute approximate surface area is 168 Å². The van der Waals surface area contributed by atoms with Gasteiger partial charge in [0, 0.05) is 42.0 Å². The minimum absolute atomic E-state index is 0.0846. The number of aromatic amines is 1. The molecule has 0 fully saturated rings. The van der Waals surface area contributed by atoms with Gasteiger partial charge in [-0.2, -0.15) is 5.10 Å². The molecule has 0 radical (unpaired) electrons. The molecule has 1 unspecified atom stereocenters. The molecule has 3 aromatic heterocycles. The van der Waals surface area contributed by atoms with Crippen molar-refractivity contribution in [2.75, 3.05) is 5.32 Å². The number of rotatable bonds is 6. The predicted molar refractivity (Wildman–Crippen MR) is 113 cm³/mol. The van der Waals surface area contributed by atoms with Gasteiger partial charge in [0.15, 0.2) is 0 Å². The lowest BCUT2D eigenvalue weighted by Crippen LogP contribution is -2.10. The summed E-state index contributed by atoms with van der Waals surface area (Å²) in [7, 11) is 0. The van der Waals surface area contributed by atoms with E-state index in [-0.39, 0.29) is 11.6 Å².